The summed E-state index contributed by atoms with van der Waals surface area (Å²) in [7, 11) is 1.84. The zero-order valence-corrected chi connectivity index (χ0v) is 13.9. The molecule has 4 fully saturated rings. The van der Waals surface area contributed by atoms with Gasteiger partial charge in [0.1, 0.15) is 5.69 Å². The molecule has 4 saturated carbocycles. The van der Waals surface area contributed by atoms with E-state index in [1.807, 2.05) is 7.05 Å². The molecule has 0 aromatic carbocycles. The van der Waals surface area contributed by atoms with Crippen LogP contribution < -0.4 is 5.32 Å². The molecular formula is C15H20IN3O. The highest BCUT2D eigenvalue weighted by molar-refractivity contribution is 14.1. The molecule has 0 aliphatic heterocycles. The molecule has 0 atom stereocenters. The smallest absolute Gasteiger partial charge is 0.271 e. The van der Waals surface area contributed by atoms with E-state index in [4.69, 9.17) is 0 Å². The van der Waals surface area contributed by atoms with Gasteiger partial charge in [0.25, 0.3) is 5.91 Å². The molecule has 20 heavy (non-hydrogen) atoms. The number of halogens is 1. The number of aromatic nitrogens is 2. The fraction of sp³-hybridized carbons (Fsp3) is 0.733. The second-order valence-electron chi connectivity index (χ2n) is 7.12. The van der Waals surface area contributed by atoms with Crippen LogP contribution in [0.2, 0.25) is 0 Å². The molecule has 1 N–H and O–H groups in total. The number of amides is 1. The van der Waals surface area contributed by atoms with Gasteiger partial charge in [0.05, 0.1) is 9.77 Å². The average molecular weight is 385 g/mol. The Hall–Kier alpha value is -0.590. The van der Waals surface area contributed by atoms with Gasteiger partial charge in [0.15, 0.2) is 0 Å². The Kier molecular flexibility index (Phi) is 2.91. The van der Waals surface area contributed by atoms with Gasteiger partial charge in [-0.1, -0.05) is 0 Å². The molecule has 1 heterocycles. The standard InChI is InChI=1S/C15H20IN3O/c1-19-13(12(16)8-17-19)14(20)18-15-5-9-2-10(6-15)4-11(3-9)7-15/h8-11H,2-7H2,1H3,(H,18,20). The van der Waals surface area contributed by atoms with Gasteiger partial charge in [-0.3, -0.25) is 9.48 Å². The summed E-state index contributed by atoms with van der Waals surface area (Å²) < 4.78 is 2.63. The Morgan fingerprint density at radius 2 is 1.85 bits per heavy atom. The normalized spacial score (nSPS) is 38.2. The molecule has 4 aliphatic rings. The first-order chi connectivity index (χ1) is 9.55. The lowest BCUT2D eigenvalue weighted by Gasteiger charge is -2.56. The number of nitrogens with zero attached hydrogens (tertiary/aromatic N) is 2. The van der Waals surface area contributed by atoms with Crippen molar-refractivity contribution in [2.75, 3.05) is 0 Å². The lowest BCUT2D eigenvalue weighted by atomic mass is 9.53. The maximum atomic E-state index is 12.7. The molecule has 0 radical (unpaired) electrons. The SMILES string of the molecule is Cn1ncc(I)c1C(=O)NC12CC3CC(CC(C3)C1)C2. The van der Waals surface area contributed by atoms with Crippen molar-refractivity contribution in [1.82, 2.24) is 15.1 Å². The van der Waals surface area contributed by atoms with Crippen molar-refractivity contribution < 1.29 is 4.79 Å². The summed E-state index contributed by atoms with van der Waals surface area (Å²) in [6.07, 6.45) is 9.54. The van der Waals surface area contributed by atoms with Gasteiger partial charge in [-0.25, -0.2) is 0 Å². The summed E-state index contributed by atoms with van der Waals surface area (Å²) in [6.45, 7) is 0. The molecule has 0 saturated heterocycles. The number of rotatable bonds is 2. The van der Waals surface area contributed by atoms with E-state index in [2.05, 4.69) is 33.0 Å². The minimum Gasteiger partial charge on any atom is -0.345 e. The minimum absolute atomic E-state index is 0.0661. The largest absolute Gasteiger partial charge is 0.345 e. The van der Waals surface area contributed by atoms with Crippen molar-refractivity contribution >= 4 is 28.5 Å². The maximum absolute atomic E-state index is 12.7. The lowest BCUT2D eigenvalue weighted by Crippen LogP contribution is -2.60. The van der Waals surface area contributed by atoms with E-state index in [9.17, 15) is 4.79 Å². The van der Waals surface area contributed by atoms with Crippen molar-refractivity contribution in [2.45, 2.75) is 44.1 Å². The summed E-state index contributed by atoms with van der Waals surface area (Å²) in [6, 6.07) is 0. The first-order valence-corrected chi connectivity index (χ1v) is 8.62. The van der Waals surface area contributed by atoms with E-state index in [0.29, 0.717) is 5.69 Å². The summed E-state index contributed by atoms with van der Waals surface area (Å²) >= 11 is 2.19. The number of hydrogen-bond acceptors (Lipinski definition) is 2. The van der Waals surface area contributed by atoms with E-state index in [-0.39, 0.29) is 11.4 Å². The Morgan fingerprint density at radius 1 is 1.30 bits per heavy atom. The minimum atomic E-state index is 0.0661. The Bertz CT molecular complexity index is 511. The molecular weight excluding hydrogens is 365 g/mol. The molecule has 4 aliphatic carbocycles. The van der Waals surface area contributed by atoms with Crippen LogP contribution in [0.5, 0.6) is 0 Å². The summed E-state index contributed by atoms with van der Waals surface area (Å²) in [5.74, 6) is 2.63. The van der Waals surface area contributed by atoms with Crippen molar-refractivity contribution in [2.24, 2.45) is 24.8 Å². The molecule has 0 spiro atoms. The van der Waals surface area contributed by atoms with Gasteiger partial charge in [0.2, 0.25) is 0 Å². The van der Waals surface area contributed by atoms with Gasteiger partial charge in [-0.2, -0.15) is 5.10 Å². The second kappa shape index (κ2) is 4.45. The third-order valence-electron chi connectivity index (χ3n) is 5.53. The summed E-state index contributed by atoms with van der Waals surface area (Å²) in [5, 5.41) is 7.58. The predicted molar refractivity (Wildman–Crippen MR) is 84.3 cm³/mol. The third kappa shape index (κ3) is 2.00. The number of nitrogens with one attached hydrogen (secondary N) is 1. The van der Waals surface area contributed by atoms with Crippen LogP contribution >= 0.6 is 22.6 Å². The highest BCUT2D eigenvalue weighted by Crippen LogP contribution is 2.55. The zero-order chi connectivity index (χ0) is 13.9. The van der Waals surface area contributed by atoms with Crippen LogP contribution in [0.4, 0.5) is 0 Å². The molecule has 1 amide bonds. The van der Waals surface area contributed by atoms with E-state index in [1.54, 1.807) is 10.9 Å². The molecule has 1 aromatic heterocycles. The van der Waals surface area contributed by atoms with Crippen molar-refractivity contribution in [1.29, 1.82) is 0 Å². The van der Waals surface area contributed by atoms with Crippen LogP contribution in [0.1, 0.15) is 49.0 Å². The first kappa shape index (κ1) is 13.1. The maximum Gasteiger partial charge on any atom is 0.271 e. The van der Waals surface area contributed by atoms with Crippen LogP contribution in [-0.4, -0.2) is 21.2 Å². The first-order valence-electron chi connectivity index (χ1n) is 7.55. The zero-order valence-electron chi connectivity index (χ0n) is 11.7. The molecule has 4 nitrogen and oxygen atoms in total. The third-order valence-corrected chi connectivity index (χ3v) is 6.32. The van der Waals surface area contributed by atoms with Crippen LogP contribution in [0.3, 0.4) is 0 Å². The Morgan fingerprint density at radius 3 is 2.30 bits per heavy atom. The summed E-state index contributed by atoms with van der Waals surface area (Å²) in [4.78, 5) is 12.7. The molecule has 5 rings (SSSR count). The second-order valence-corrected chi connectivity index (χ2v) is 8.28. The quantitative estimate of drug-likeness (QED) is 0.796. The van der Waals surface area contributed by atoms with E-state index in [1.165, 1.54) is 38.5 Å². The summed E-state index contributed by atoms with van der Waals surface area (Å²) in [5.41, 5.74) is 0.792. The van der Waals surface area contributed by atoms with Crippen molar-refractivity contribution in [3.63, 3.8) is 0 Å². The predicted octanol–water partition coefficient (Wildman–Crippen LogP) is 2.72. The Labute approximate surface area is 132 Å². The fourth-order valence-corrected chi connectivity index (χ4v) is 5.95. The van der Waals surface area contributed by atoms with E-state index >= 15 is 0 Å². The highest BCUT2D eigenvalue weighted by Gasteiger charge is 2.51. The fourth-order valence-electron chi connectivity index (χ4n) is 5.23. The number of carbonyl (C=O) groups is 1. The molecule has 1 aromatic rings. The lowest BCUT2D eigenvalue weighted by molar-refractivity contribution is -0.0168. The van der Waals surface area contributed by atoms with Gasteiger partial charge in [-0.15, -0.1) is 0 Å². The number of aryl methyl sites for hydroxylation is 1. The average Bonchev–Trinajstić information content (AvgIpc) is 2.66. The molecule has 108 valence electrons. The Balaban J connectivity index is 1.58. The van der Waals surface area contributed by atoms with E-state index < -0.39 is 0 Å². The van der Waals surface area contributed by atoms with Crippen molar-refractivity contribution in [3.8, 4) is 0 Å². The highest BCUT2D eigenvalue weighted by atomic mass is 127. The molecule has 0 unspecified atom stereocenters. The van der Waals surface area contributed by atoms with Gasteiger partial charge in [0, 0.05) is 12.6 Å². The molecule has 5 heteroatoms. The monoisotopic (exact) mass is 385 g/mol. The van der Waals surface area contributed by atoms with E-state index in [0.717, 1.165) is 21.3 Å². The van der Waals surface area contributed by atoms with Gasteiger partial charge < -0.3 is 5.32 Å². The van der Waals surface area contributed by atoms with Crippen LogP contribution in [0.25, 0.3) is 0 Å². The van der Waals surface area contributed by atoms with Gasteiger partial charge in [-0.05, 0) is 78.9 Å². The number of hydrogen-bond donors (Lipinski definition) is 1. The van der Waals surface area contributed by atoms with Crippen LogP contribution in [0.15, 0.2) is 6.20 Å². The van der Waals surface area contributed by atoms with Crippen molar-refractivity contribution in [3.05, 3.63) is 15.5 Å². The number of carbonyl (C=O) groups excluding carboxylic acids is 1. The van der Waals surface area contributed by atoms with Crippen LogP contribution in [0, 0.1) is 21.3 Å². The van der Waals surface area contributed by atoms with Gasteiger partial charge >= 0.3 is 0 Å². The van der Waals surface area contributed by atoms with Crippen LogP contribution in [-0.2, 0) is 7.05 Å². The molecule has 4 bridgehead atoms. The topological polar surface area (TPSA) is 46.9 Å².